The molecule has 4 heteroatoms. The van der Waals surface area contributed by atoms with Gasteiger partial charge < -0.3 is 9.64 Å². The third kappa shape index (κ3) is 5.14. The maximum Gasteiger partial charge on any atom is 0.320 e. The highest BCUT2D eigenvalue weighted by Gasteiger charge is 2.30. The van der Waals surface area contributed by atoms with Gasteiger partial charge in [0.15, 0.2) is 0 Å². The standard InChI is InChI=1S/C11H22N2O2/c1-4-15-11(14)9-13(10-5-6-10)8-7-12(2)3/h10H,4-9H2,1-3H3. The van der Waals surface area contributed by atoms with E-state index in [1.807, 2.05) is 6.92 Å². The van der Waals surface area contributed by atoms with E-state index in [4.69, 9.17) is 4.74 Å². The summed E-state index contributed by atoms with van der Waals surface area (Å²) in [7, 11) is 4.10. The molecule has 88 valence electrons. The molecule has 0 unspecified atom stereocenters. The van der Waals surface area contributed by atoms with Crippen LogP contribution in [0.5, 0.6) is 0 Å². The minimum absolute atomic E-state index is 0.0943. The van der Waals surface area contributed by atoms with Crippen LogP contribution in [-0.4, -0.2) is 62.1 Å². The molecule has 15 heavy (non-hydrogen) atoms. The number of hydrogen-bond acceptors (Lipinski definition) is 4. The van der Waals surface area contributed by atoms with Crippen molar-refractivity contribution in [3.63, 3.8) is 0 Å². The normalized spacial score (nSPS) is 16.1. The highest BCUT2D eigenvalue weighted by atomic mass is 16.5. The number of rotatable bonds is 7. The summed E-state index contributed by atoms with van der Waals surface area (Å²) in [6.45, 7) is 4.73. The summed E-state index contributed by atoms with van der Waals surface area (Å²) in [5.41, 5.74) is 0. The molecule has 0 saturated heterocycles. The molecule has 0 bridgehead atoms. The van der Waals surface area contributed by atoms with Crippen molar-refractivity contribution in [2.75, 3.05) is 40.3 Å². The van der Waals surface area contributed by atoms with E-state index in [0.29, 0.717) is 19.2 Å². The average Bonchev–Trinajstić information content (AvgIpc) is 2.95. The number of likely N-dealkylation sites (N-methyl/N-ethyl adjacent to an activating group) is 1. The van der Waals surface area contributed by atoms with Gasteiger partial charge in [0.2, 0.25) is 0 Å². The molecule has 1 aliphatic rings. The van der Waals surface area contributed by atoms with Gasteiger partial charge in [0.05, 0.1) is 13.2 Å². The summed E-state index contributed by atoms with van der Waals surface area (Å²) < 4.78 is 4.96. The molecule has 0 radical (unpaired) electrons. The molecule has 0 aromatic heterocycles. The lowest BCUT2D eigenvalue weighted by atomic mass is 10.4. The summed E-state index contributed by atoms with van der Waals surface area (Å²) in [4.78, 5) is 15.7. The fourth-order valence-electron chi connectivity index (χ4n) is 1.53. The zero-order valence-corrected chi connectivity index (χ0v) is 10.0. The first-order valence-corrected chi connectivity index (χ1v) is 5.68. The van der Waals surface area contributed by atoms with Gasteiger partial charge in [-0.05, 0) is 33.9 Å². The minimum Gasteiger partial charge on any atom is -0.465 e. The van der Waals surface area contributed by atoms with Crippen LogP contribution >= 0.6 is 0 Å². The van der Waals surface area contributed by atoms with Gasteiger partial charge in [0.25, 0.3) is 0 Å². The Balaban J connectivity index is 2.27. The van der Waals surface area contributed by atoms with Crippen molar-refractivity contribution in [2.45, 2.75) is 25.8 Å². The predicted octanol–water partition coefficient (Wildman–Crippen LogP) is 0.575. The molecule has 4 nitrogen and oxygen atoms in total. The second kappa shape index (κ2) is 6.08. The Morgan fingerprint density at radius 3 is 2.47 bits per heavy atom. The van der Waals surface area contributed by atoms with Gasteiger partial charge >= 0.3 is 5.97 Å². The molecule has 0 aromatic rings. The highest BCUT2D eigenvalue weighted by molar-refractivity contribution is 5.71. The maximum atomic E-state index is 11.4. The van der Waals surface area contributed by atoms with Crippen LogP contribution in [0.15, 0.2) is 0 Å². The molecule has 1 fully saturated rings. The van der Waals surface area contributed by atoms with Gasteiger partial charge in [-0.25, -0.2) is 0 Å². The molecule has 0 heterocycles. The van der Waals surface area contributed by atoms with E-state index in [1.54, 1.807) is 0 Å². The van der Waals surface area contributed by atoms with E-state index in [9.17, 15) is 4.79 Å². The molecule has 1 aliphatic carbocycles. The van der Waals surface area contributed by atoms with Crippen molar-refractivity contribution < 1.29 is 9.53 Å². The van der Waals surface area contributed by atoms with E-state index in [0.717, 1.165) is 13.1 Å². The Bertz CT molecular complexity index is 203. The lowest BCUT2D eigenvalue weighted by Gasteiger charge is -2.22. The van der Waals surface area contributed by atoms with Crippen molar-refractivity contribution in [1.82, 2.24) is 9.80 Å². The summed E-state index contributed by atoms with van der Waals surface area (Å²) in [6, 6.07) is 0.620. The Morgan fingerprint density at radius 2 is 2.00 bits per heavy atom. The third-order valence-corrected chi connectivity index (χ3v) is 2.54. The van der Waals surface area contributed by atoms with Crippen LogP contribution in [-0.2, 0) is 9.53 Å². The molecule has 0 spiro atoms. The second-order valence-electron chi connectivity index (χ2n) is 4.31. The Morgan fingerprint density at radius 1 is 1.33 bits per heavy atom. The molecular weight excluding hydrogens is 192 g/mol. The number of carbonyl (C=O) groups excluding carboxylic acids is 1. The van der Waals surface area contributed by atoms with Crippen molar-refractivity contribution in [2.24, 2.45) is 0 Å². The fourth-order valence-corrected chi connectivity index (χ4v) is 1.53. The Kier molecular flexibility index (Phi) is 5.05. The van der Waals surface area contributed by atoms with Crippen LogP contribution in [0.1, 0.15) is 19.8 Å². The van der Waals surface area contributed by atoms with Crippen molar-refractivity contribution in [1.29, 1.82) is 0 Å². The smallest absolute Gasteiger partial charge is 0.320 e. The average molecular weight is 214 g/mol. The quantitative estimate of drug-likeness (QED) is 0.580. The zero-order valence-electron chi connectivity index (χ0n) is 10.0. The summed E-state index contributed by atoms with van der Waals surface area (Å²) >= 11 is 0. The zero-order chi connectivity index (χ0) is 11.3. The van der Waals surface area contributed by atoms with Gasteiger partial charge in [-0.1, -0.05) is 0 Å². The van der Waals surface area contributed by atoms with E-state index >= 15 is 0 Å². The number of ether oxygens (including phenoxy) is 1. The van der Waals surface area contributed by atoms with E-state index in [2.05, 4.69) is 23.9 Å². The van der Waals surface area contributed by atoms with Gasteiger partial charge in [0, 0.05) is 19.1 Å². The number of hydrogen-bond donors (Lipinski definition) is 0. The third-order valence-electron chi connectivity index (χ3n) is 2.54. The summed E-state index contributed by atoms with van der Waals surface area (Å²) in [6.07, 6.45) is 2.46. The molecule has 0 amide bonds. The number of nitrogens with zero attached hydrogens (tertiary/aromatic N) is 2. The molecular formula is C11H22N2O2. The van der Waals surface area contributed by atoms with Crippen molar-refractivity contribution >= 4 is 5.97 Å². The van der Waals surface area contributed by atoms with E-state index in [1.165, 1.54) is 12.8 Å². The first kappa shape index (κ1) is 12.5. The molecule has 1 rings (SSSR count). The number of esters is 1. The molecule has 0 N–H and O–H groups in total. The SMILES string of the molecule is CCOC(=O)CN(CCN(C)C)C1CC1. The van der Waals surface area contributed by atoms with Crippen molar-refractivity contribution in [3.05, 3.63) is 0 Å². The lowest BCUT2D eigenvalue weighted by molar-refractivity contribution is -0.144. The van der Waals surface area contributed by atoms with E-state index in [-0.39, 0.29) is 5.97 Å². The van der Waals surface area contributed by atoms with Gasteiger partial charge in [-0.15, -0.1) is 0 Å². The fraction of sp³-hybridized carbons (Fsp3) is 0.909. The molecule has 0 aliphatic heterocycles. The first-order valence-electron chi connectivity index (χ1n) is 5.68. The van der Waals surface area contributed by atoms with Crippen LogP contribution in [0.4, 0.5) is 0 Å². The van der Waals surface area contributed by atoms with Crippen LogP contribution < -0.4 is 0 Å². The maximum absolute atomic E-state index is 11.4. The largest absolute Gasteiger partial charge is 0.465 e. The Hall–Kier alpha value is -0.610. The topological polar surface area (TPSA) is 32.8 Å². The van der Waals surface area contributed by atoms with Gasteiger partial charge in [0.1, 0.15) is 0 Å². The van der Waals surface area contributed by atoms with Gasteiger partial charge in [-0.2, -0.15) is 0 Å². The van der Waals surface area contributed by atoms with Crippen LogP contribution in [0.2, 0.25) is 0 Å². The summed E-state index contributed by atoms with van der Waals surface area (Å²) in [5.74, 6) is -0.0943. The minimum atomic E-state index is -0.0943. The predicted molar refractivity (Wildman–Crippen MR) is 59.8 cm³/mol. The van der Waals surface area contributed by atoms with Crippen LogP contribution in [0, 0.1) is 0 Å². The van der Waals surface area contributed by atoms with Crippen LogP contribution in [0.25, 0.3) is 0 Å². The van der Waals surface area contributed by atoms with Gasteiger partial charge in [-0.3, -0.25) is 9.69 Å². The lowest BCUT2D eigenvalue weighted by Crippen LogP contribution is -2.37. The molecule has 0 atom stereocenters. The molecule has 1 saturated carbocycles. The summed E-state index contributed by atoms with van der Waals surface area (Å²) in [5, 5.41) is 0. The van der Waals surface area contributed by atoms with Crippen molar-refractivity contribution in [3.8, 4) is 0 Å². The second-order valence-corrected chi connectivity index (χ2v) is 4.31. The van der Waals surface area contributed by atoms with E-state index < -0.39 is 0 Å². The molecule has 0 aromatic carbocycles. The Labute approximate surface area is 92.2 Å². The highest BCUT2D eigenvalue weighted by Crippen LogP contribution is 2.26. The monoisotopic (exact) mass is 214 g/mol. The first-order chi connectivity index (χ1) is 7.13. The van der Waals surface area contributed by atoms with Crippen LogP contribution in [0.3, 0.4) is 0 Å². The number of carbonyl (C=O) groups is 1.